The average molecular weight is 263 g/mol. The summed E-state index contributed by atoms with van der Waals surface area (Å²) in [6.07, 6.45) is 0. The standard InChI is InChI=1S/C15H21NO3/c1-6-16(9(2)3)14(17)12-10(4)7-8-11(5)13(12)15(18)19/h7-9H,6H2,1-5H3,(H,18,19). The summed E-state index contributed by atoms with van der Waals surface area (Å²) >= 11 is 0. The number of benzene rings is 1. The smallest absolute Gasteiger partial charge is 0.336 e. The molecule has 0 radical (unpaired) electrons. The van der Waals surface area contributed by atoms with Crippen LogP contribution in [0.25, 0.3) is 0 Å². The molecule has 0 saturated carbocycles. The van der Waals surface area contributed by atoms with E-state index in [1.807, 2.05) is 20.8 Å². The highest BCUT2D eigenvalue weighted by atomic mass is 16.4. The summed E-state index contributed by atoms with van der Waals surface area (Å²) < 4.78 is 0. The maximum Gasteiger partial charge on any atom is 0.336 e. The number of carbonyl (C=O) groups excluding carboxylic acids is 1. The summed E-state index contributed by atoms with van der Waals surface area (Å²) in [4.78, 5) is 25.7. The van der Waals surface area contributed by atoms with E-state index in [4.69, 9.17) is 0 Å². The molecule has 1 N–H and O–H groups in total. The molecule has 0 heterocycles. The number of carbonyl (C=O) groups is 2. The molecule has 0 fully saturated rings. The molecule has 0 saturated heterocycles. The zero-order valence-corrected chi connectivity index (χ0v) is 12.2. The van der Waals surface area contributed by atoms with Crippen LogP contribution in [0.4, 0.5) is 0 Å². The molecule has 1 aromatic rings. The minimum absolute atomic E-state index is 0.0408. The molecule has 0 aliphatic heterocycles. The zero-order chi connectivity index (χ0) is 14.7. The van der Waals surface area contributed by atoms with E-state index in [0.29, 0.717) is 23.2 Å². The second-order valence-corrected chi connectivity index (χ2v) is 4.94. The second kappa shape index (κ2) is 5.87. The van der Waals surface area contributed by atoms with E-state index < -0.39 is 5.97 Å². The van der Waals surface area contributed by atoms with E-state index in [1.165, 1.54) is 0 Å². The van der Waals surface area contributed by atoms with Crippen LogP contribution in [-0.4, -0.2) is 34.5 Å². The number of nitrogens with zero attached hydrogens (tertiary/aromatic N) is 1. The van der Waals surface area contributed by atoms with E-state index in [9.17, 15) is 14.7 Å². The van der Waals surface area contributed by atoms with Crippen molar-refractivity contribution in [1.82, 2.24) is 4.90 Å². The Labute approximate surface area is 114 Å². The van der Waals surface area contributed by atoms with Gasteiger partial charge in [-0.3, -0.25) is 4.79 Å². The van der Waals surface area contributed by atoms with Gasteiger partial charge in [0.15, 0.2) is 0 Å². The third-order valence-corrected chi connectivity index (χ3v) is 3.27. The van der Waals surface area contributed by atoms with Gasteiger partial charge in [-0.05, 0) is 45.7 Å². The van der Waals surface area contributed by atoms with E-state index in [0.717, 1.165) is 0 Å². The summed E-state index contributed by atoms with van der Waals surface area (Å²) in [7, 11) is 0. The van der Waals surface area contributed by atoms with Gasteiger partial charge in [0.2, 0.25) is 0 Å². The first-order valence-corrected chi connectivity index (χ1v) is 6.45. The predicted octanol–water partition coefficient (Wildman–Crippen LogP) is 2.87. The molecule has 0 bridgehead atoms. The van der Waals surface area contributed by atoms with Crippen LogP contribution < -0.4 is 0 Å². The van der Waals surface area contributed by atoms with Crippen LogP contribution in [0.1, 0.15) is 52.6 Å². The highest BCUT2D eigenvalue weighted by Gasteiger charge is 2.25. The van der Waals surface area contributed by atoms with Gasteiger partial charge >= 0.3 is 5.97 Å². The highest BCUT2D eigenvalue weighted by Crippen LogP contribution is 2.21. The molecule has 0 unspecified atom stereocenters. The molecule has 1 rings (SSSR count). The van der Waals surface area contributed by atoms with Crippen LogP contribution >= 0.6 is 0 Å². The Morgan fingerprint density at radius 3 is 2.00 bits per heavy atom. The largest absolute Gasteiger partial charge is 0.478 e. The first-order valence-electron chi connectivity index (χ1n) is 6.45. The molecular weight excluding hydrogens is 242 g/mol. The van der Waals surface area contributed by atoms with Gasteiger partial charge in [0.25, 0.3) is 5.91 Å². The number of carboxylic acid groups (broad SMARTS) is 1. The summed E-state index contributed by atoms with van der Waals surface area (Å²) in [5, 5.41) is 9.34. The van der Waals surface area contributed by atoms with Gasteiger partial charge in [0.05, 0.1) is 11.1 Å². The number of carboxylic acids is 1. The van der Waals surface area contributed by atoms with E-state index in [-0.39, 0.29) is 17.5 Å². The molecule has 4 heteroatoms. The van der Waals surface area contributed by atoms with Crippen molar-refractivity contribution < 1.29 is 14.7 Å². The summed E-state index contributed by atoms with van der Waals surface area (Å²) in [6, 6.07) is 3.57. The van der Waals surface area contributed by atoms with Gasteiger partial charge in [-0.25, -0.2) is 4.79 Å². The first kappa shape index (κ1) is 15.2. The number of amides is 1. The Bertz CT molecular complexity index is 506. The van der Waals surface area contributed by atoms with Crippen molar-refractivity contribution in [3.8, 4) is 0 Å². The van der Waals surface area contributed by atoms with Crippen LogP contribution in [0.5, 0.6) is 0 Å². The maximum atomic E-state index is 12.6. The third-order valence-electron chi connectivity index (χ3n) is 3.27. The molecule has 4 nitrogen and oxygen atoms in total. The Balaban J connectivity index is 3.45. The SMILES string of the molecule is CCN(C(=O)c1c(C)ccc(C)c1C(=O)O)C(C)C. The molecule has 1 amide bonds. The van der Waals surface area contributed by atoms with Crippen molar-refractivity contribution in [3.05, 3.63) is 34.4 Å². The monoisotopic (exact) mass is 263 g/mol. The summed E-state index contributed by atoms with van der Waals surface area (Å²) in [5.41, 5.74) is 1.74. The predicted molar refractivity (Wildman–Crippen MR) is 74.7 cm³/mol. The Kier molecular flexibility index (Phi) is 4.70. The van der Waals surface area contributed by atoms with E-state index in [1.54, 1.807) is 30.9 Å². The van der Waals surface area contributed by atoms with Crippen molar-refractivity contribution in [2.75, 3.05) is 6.54 Å². The number of aryl methyl sites for hydroxylation is 2. The summed E-state index contributed by atoms with van der Waals surface area (Å²) in [6.45, 7) is 9.78. The van der Waals surface area contributed by atoms with Crippen molar-refractivity contribution in [2.45, 2.75) is 40.7 Å². The molecule has 0 atom stereocenters. The molecule has 0 aliphatic carbocycles. The maximum absolute atomic E-state index is 12.6. The van der Waals surface area contributed by atoms with Crippen molar-refractivity contribution in [2.24, 2.45) is 0 Å². The van der Waals surface area contributed by atoms with Gasteiger partial charge in [0, 0.05) is 12.6 Å². The van der Waals surface area contributed by atoms with Gasteiger partial charge in [-0.15, -0.1) is 0 Å². The van der Waals surface area contributed by atoms with Crippen LogP contribution in [0.15, 0.2) is 12.1 Å². The number of aromatic carboxylic acids is 1. The minimum atomic E-state index is -1.05. The number of rotatable bonds is 4. The number of hydrogen-bond donors (Lipinski definition) is 1. The quantitative estimate of drug-likeness (QED) is 0.908. The van der Waals surface area contributed by atoms with Gasteiger partial charge < -0.3 is 10.0 Å². The lowest BCUT2D eigenvalue weighted by atomic mass is 9.96. The highest BCUT2D eigenvalue weighted by molar-refractivity contribution is 6.06. The molecule has 0 aliphatic rings. The van der Waals surface area contributed by atoms with Gasteiger partial charge in [0.1, 0.15) is 0 Å². The molecule has 0 spiro atoms. The van der Waals surface area contributed by atoms with Gasteiger partial charge in [-0.2, -0.15) is 0 Å². The lowest BCUT2D eigenvalue weighted by Gasteiger charge is -2.27. The summed E-state index contributed by atoms with van der Waals surface area (Å²) in [5.74, 6) is -1.26. The van der Waals surface area contributed by atoms with Crippen LogP contribution in [0.2, 0.25) is 0 Å². The van der Waals surface area contributed by atoms with Crippen LogP contribution in [0, 0.1) is 13.8 Å². The van der Waals surface area contributed by atoms with Crippen LogP contribution in [0.3, 0.4) is 0 Å². The second-order valence-electron chi connectivity index (χ2n) is 4.94. The Morgan fingerprint density at radius 1 is 1.16 bits per heavy atom. The zero-order valence-electron chi connectivity index (χ0n) is 12.2. The van der Waals surface area contributed by atoms with Crippen molar-refractivity contribution in [3.63, 3.8) is 0 Å². The fraction of sp³-hybridized carbons (Fsp3) is 0.467. The fourth-order valence-corrected chi connectivity index (χ4v) is 2.25. The Hall–Kier alpha value is -1.84. The first-order chi connectivity index (χ1) is 8.81. The molecular formula is C15H21NO3. The van der Waals surface area contributed by atoms with Crippen LogP contribution in [-0.2, 0) is 0 Å². The lowest BCUT2D eigenvalue weighted by Crippen LogP contribution is -2.38. The molecule has 19 heavy (non-hydrogen) atoms. The lowest BCUT2D eigenvalue weighted by molar-refractivity contribution is 0.0661. The van der Waals surface area contributed by atoms with E-state index >= 15 is 0 Å². The van der Waals surface area contributed by atoms with Crippen molar-refractivity contribution >= 4 is 11.9 Å². The molecule has 0 aromatic heterocycles. The fourth-order valence-electron chi connectivity index (χ4n) is 2.25. The van der Waals surface area contributed by atoms with Crippen molar-refractivity contribution in [1.29, 1.82) is 0 Å². The normalized spacial score (nSPS) is 10.6. The Morgan fingerprint density at radius 2 is 1.63 bits per heavy atom. The average Bonchev–Trinajstić information content (AvgIpc) is 2.31. The van der Waals surface area contributed by atoms with E-state index in [2.05, 4.69) is 0 Å². The molecule has 104 valence electrons. The third kappa shape index (κ3) is 2.95. The molecule has 1 aromatic carbocycles. The van der Waals surface area contributed by atoms with Gasteiger partial charge in [-0.1, -0.05) is 12.1 Å². The topological polar surface area (TPSA) is 57.6 Å². The number of hydrogen-bond acceptors (Lipinski definition) is 2. The minimum Gasteiger partial charge on any atom is -0.478 e.